The molecule has 28 heavy (non-hydrogen) atoms. The first-order valence-corrected chi connectivity index (χ1v) is 9.43. The van der Waals surface area contributed by atoms with Crippen molar-refractivity contribution in [2.45, 2.75) is 71.1 Å². The van der Waals surface area contributed by atoms with Crippen molar-refractivity contribution in [1.82, 2.24) is 10.6 Å². The van der Waals surface area contributed by atoms with E-state index in [-0.39, 0.29) is 25.4 Å². The van der Waals surface area contributed by atoms with Gasteiger partial charge in [0, 0.05) is 6.04 Å². The summed E-state index contributed by atoms with van der Waals surface area (Å²) in [5.41, 5.74) is -1.56. The summed E-state index contributed by atoms with van der Waals surface area (Å²) < 4.78 is 20.4. The van der Waals surface area contributed by atoms with Crippen LogP contribution in [0.2, 0.25) is 0 Å². The molecule has 1 saturated heterocycles. The van der Waals surface area contributed by atoms with Crippen LogP contribution in [0.4, 0.5) is 9.59 Å². The Balaban J connectivity index is 1.71. The third-order valence-electron chi connectivity index (χ3n) is 4.49. The van der Waals surface area contributed by atoms with Crippen LogP contribution in [0.1, 0.15) is 53.4 Å². The van der Waals surface area contributed by atoms with E-state index in [4.69, 9.17) is 18.9 Å². The molecule has 1 aliphatic heterocycles. The minimum Gasteiger partial charge on any atom is -0.462 e. The van der Waals surface area contributed by atoms with Crippen molar-refractivity contribution in [2.75, 3.05) is 13.2 Å². The summed E-state index contributed by atoms with van der Waals surface area (Å²) in [5, 5.41) is 5.73. The topological polar surface area (TPSA) is 112 Å². The molecule has 0 atom stereocenters. The van der Waals surface area contributed by atoms with Gasteiger partial charge in [0.15, 0.2) is 0 Å². The summed E-state index contributed by atoms with van der Waals surface area (Å²) in [6.45, 7) is 10.7. The summed E-state index contributed by atoms with van der Waals surface area (Å²) in [5.74, 6) is -0.0456. The SMILES string of the molecule is C=C(NC(=O)OC(C)(C)C)NC1CCC(OC(=O)C2(C)COC(=O)OC2)CC1. The maximum atomic E-state index is 12.4. The lowest BCUT2D eigenvalue weighted by Gasteiger charge is -2.34. The summed E-state index contributed by atoms with van der Waals surface area (Å²) >= 11 is 0. The smallest absolute Gasteiger partial charge is 0.462 e. The average Bonchev–Trinajstić information content (AvgIpc) is 2.57. The maximum absolute atomic E-state index is 12.4. The number of alkyl carbamates (subject to hydrolysis) is 1. The van der Waals surface area contributed by atoms with Crippen molar-refractivity contribution in [2.24, 2.45) is 5.41 Å². The van der Waals surface area contributed by atoms with Gasteiger partial charge in [-0.3, -0.25) is 10.1 Å². The number of esters is 1. The molecule has 1 saturated carbocycles. The van der Waals surface area contributed by atoms with E-state index in [1.807, 2.05) is 0 Å². The van der Waals surface area contributed by atoms with E-state index in [0.29, 0.717) is 18.7 Å². The Morgan fingerprint density at radius 3 is 2.25 bits per heavy atom. The second kappa shape index (κ2) is 8.70. The average molecular weight is 398 g/mol. The summed E-state index contributed by atoms with van der Waals surface area (Å²) in [6, 6.07) is 0.118. The molecule has 0 aromatic carbocycles. The zero-order chi connectivity index (χ0) is 20.9. The number of nitrogens with one attached hydrogen (secondary N) is 2. The van der Waals surface area contributed by atoms with Gasteiger partial charge in [0.2, 0.25) is 0 Å². The highest BCUT2D eigenvalue weighted by atomic mass is 16.7. The maximum Gasteiger partial charge on any atom is 0.508 e. The molecule has 9 nitrogen and oxygen atoms in total. The third-order valence-corrected chi connectivity index (χ3v) is 4.49. The molecule has 2 fully saturated rings. The van der Waals surface area contributed by atoms with Gasteiger partial charge in [0.25, 0.3) is 0 Å². The molecule has 0 radical (unpaired) electrons. The molecular weight excluding hydrogens is 368 g/mol. The monoisotopic (exact) mass is 398 g/mol. The van der Waals surface area contributed by atoms with E-state index in [2.05, 4.69) is 17.2 Å². The van der Waals surface area contributed by atoms with Crippen molar-refractivity contribution in [3.8, 4) is 0 Å². The molecule has 2 N–H and O–H groups in total. The molecule has 1 amide bonds. The van der Waals surface area contributed by atoms with E-state index in [1.165, 1.54) is 0 Å². The quantitative estimate of drug-likeness (QED) is 0.537. The normalized spacial score (nSPS) is 24.2. The fourth-order valence-electron chi connectivity index (χ4n) is 2.97. The zero-order valence-electron chi connectivity index (χ0n) is 17.0. The highest BCUT2D eigenvalue weighted by molar-refractivity contribution is 5.78. The molecule has 1 aliphatic carbocycles. The fourth-order valence-corrected chi connectivity index (χ4v) is 2.97. The minimum absolute atomic E-state index is 0.0439. The van der Waals surface area contributed by atoms with Crippen LogP contribution in [-0.4, -0.2) is 49.2 Å². The highest BCUT2D eigenvalue weighted by Gasteiger charge is 2.43. The number of carbonyl (C=O) groups excluding carboxylic acids is 3. The largest absolute Gasteiger partial charge is 0.508 e. The first-order chi connectivity index (χ1) is 13.0. The molecule has 0 unspecified atom stereocenters. The summed E-state index contributed by atoms with van der Waals surface area (Å²) in [7, 11) is 0. The predicted molar refractivity (Wildman–Crippen MR) is 99.2 cm³/mol. The third kappa shape index (κ3) is 6.61. The van der Waals surface area contributed by atoms with Crippen molar-refractivity contribution in [3.63, 3.8) is 0 Å². The lowest BCUT2D eigenvalue weighted by atomic mass is 9.90. The number of ether oxygens (including phenoxy) is 4. The van der Waals surface area contributed by atoms with E-state index < -0.39 is 29.2 Å². The number of cyclic esters (lactones) is 2. The Morgan fingerprint density at radius 1 is 1.14 bits per heavy atom. The fraction of sp³-hybridized carbons (Fsp3) is 0.737. The second-order valence-electron chi connectivity index (χ2n) is 8.52. The Bertz CT molecular complexity index is 608. The number of hydrogen-bond acceptors (Lipinski definition) is 8. The molecule has 0 spiro atoms. The van der Waals surface area contributed by atoms with E-state index >= 15 is 0 Å². The Hall–Kier alpha value is -2.45. The molecule has 2 aliphatic rings. The lowest BCUT2D eigenvalue weighted by molar-refractivity contribution is -0.173. The first kappa shape index (κ1) is 21.8. The number of carbonyl (C=O) groups is 3. The molecule has 0 aromatic rings. The van der Waals surface area contributed by atoms with Crippen LogP contribution < -0.4 is 10.6 Å². The van der Waals surface area contributed by atoms with Crippen molar-refractivity contribution in [3.05, 3.63) is 12.4 Å². The number of hydrogen-bond donors (Lipinski definition) is 2. The van der Waals surface area contributed by atoms with Crippen molar-refractivity contribution in [1.29, 1.82) is 0 Å². The Labute approximate surface area is 165 Å². The van der Waals surface area contributed by atoms with Gasteiger partial charge in [-0.2, -0.15) is 0 Å². The molecule has 0 aromatic heterocycles. The van der Waals surface area contributed by atoms with Gasteiger partial charge in [-0.1, -0.05) is 6.58 Å². The lowest BCUT2D eigenvalue weighted by Crippen LogP contribution is -2.46. The van der Waals surface area contributed by atoms with Gasteiger partial charge in [-0.15, -0.1) is 0 Å². The standard InChI is InChI=1S/C19H30N2O7/c1-12(21-16(23)28-18(2,3)4)20-13-6-8-14(9-7-13)27-15(22)19(5)10-25-17(24)26-11-19/h13-14,20H,1,6-11H2,2-5H3,(H,21,23). The summed E-state index contributed by atoms with van der Waals surface area (Å²) in [6.07, 6.45) is 1.35. The molecule has 0 bridgehead atoms. The predicted octanol–water partition coefficient (Wildman–Crippen LogP) is 2.60. The van der Waals surface area contributed by atoms with Crippen LogP contribution >= 0.6 is 0 Å². The van der Waals surface area contributed by atoms with Gasteiger partial charge >= 0.3 is 18.2 Å². The molecule has 2 rings (SSSR count). The molecule has 1 heterocycles. The zero-order valence-corrected chi connectivity index (χ0v) is 17.0. The van der Waals surface area contributed by atoms with Crippen molar-refractivity contribution >= 4 is 18.2 Å². The molecule has 9 heteroatoms. The van der Waals surface area contributed by atoms with Gasteiger partial charge < -0.3 is 24.3 Å². The van der Waals surface area contributed by atoms with Crippen LogP contribution in [0.25, 0.3) is 0 Å². The highest BCUT2D eigenvalue weighted by Crippen LogP contribution is 2.28. The number of rotatable bonds is 5. The van der Waals surface area contributed by atoms with E-state index in [9.17, 15) is 14.4 Å². The molecular formula is C19H30N2O7. The van der Waals surface area contributed by atoms with E-state index in [1.54, 1.807) is 27.7 Å². The van der Waals surface area contributed by atoms with Crippen LogP contribution in [0, 0.1) is 5.41 Å². The number of amides is 1. The van der Waals surface area contributed by atoms with Crippen LogP contribution in [0.3, 0.4) is 0 Å². The second-order valence-corrected chi connectivity index (χ2v) is 8.52. The van der Waals surface area contributed by atoms with Crippen LogP contribution in [0.5, 0.6) is 0 Å². The van der Waals surface area contributed by atoms with Crippen LogP contribution in [0.15, 0.2) is 12.4 Å². The van der Waals surface area contributed by atoms with Gasteiger partial charge in [-0.05, 0) is 53.4 Å². The van der Waals surface area contributed by atoms with E-state index in [0.717, 1.165) is 12.8 Å². The summed E-state index contributed by atoms with van der Waals surface area (Å²) in [4.78, 5) is 35.1. The van der Waals surface area contributed by atoms with Gasteiger partial charge in [-0.25, -0.2) is 9.59 Å². The Kier molecular flexibility index (Phi) is 6.79. The Morgan fingerprint density at radius 2 is 1.71 bits per heavy atom. The van der Waals surface area contributed by atoms with Crippen LogP contribution in [-0.2, 0) is 23.7 Å². The molecule has 158 valence electrons. The van der Waals surface area contributed by atoms with Gasteiger partial charge in [0.1, 0.15) is 36.2 Å². The van der Waals surface area contributed by atoms with Crippen molar-refractivity contribution < 1.29 is 33.3 Å². The van der Waals surface area contributed by atoms with Gasteiger partial charge in [0.05, 0.1) is 0 Å². The first-order valence-electron chi connectivity index (χ1n) is 9.43. The minimum atomic E-state index is -0.978.